The van der Waals surface area contributed by atoms with Crippen molar-refractivity contribution in [2.24, 2.45) is 17.2 Å². The Morgan fingerprint density at radius 1 is 1.00 bits per heavy atom. The van der Waals surface area contributed by atoms with Gasteiger partial charge in [-0.1, -0.05) is 0 Å². The standard InChI is InChI=1S/C3H8N6O.2HNO3/c4-1(5)9(2(6)7)3(8)10;2*2-1(3)4/h(H3,4,5)(H3,6,7)(H2,8,10);2*(H,2,3,4). The molecule has 0 heterocycles. The molecule has 104 valence electrons. The molecule has 0 aromatic carbocycles. The fourth-order valence-corrected chi connectivity index (χ4v) is 0.367. The third kappa shape index (κ3) is 22.9. The van der Waals surface area contributed by atoms with Crippen LogP contribution in [-0.2, 0) is 0 Å². The average Bonchev–Trinajstić information content (AvgIpc) is 1.96. The van der Waals surface area contributed by atoms with Crippen molar-refractivity contribution < 1.29 is 25.4 Å². The van der Waals surface area contributed by atoms with Crippen molar-refractivity contribution >= 4 is 18.0 Å². The molecule has 0 radical (unpaired) electrons. The van der Waals surface area contributed by atoms with E-state index in [2.05, 4.69) is 5.73 Å². The predicted octanol–water partition coefficient (Wildman–Crippen LogP) is -2.54. The van der Waals surface area contributed by atoms with E-state index < -0.39 is 28.1 Å². The number of hydrogen-bond acceptors (Lipinski definition) is 7. The Bertz CT molecular complexity index is 286. The second kappa shape index (κ2) is 10.1. The molecule has 15 nitrogen and oxygen atoms in total. The Balaban J connectivity index is -0.000000233. The van der Waals surface area contributed by atoms with Crippen LogP contribution >= 0.6 is 0 Å². The summed E-state index contributed by atoms with van der Waals surface area (Å²) in [5, 5.41) is 40.7. The Morgan fingerprint density at radius 3 is 1.17 bits per heavy atom. The van der Waals surface area contributed by atoms with Gasteiger partial charge < -0.3 is 27.6 Å². The number of nitrogens with one attached hydrogen (secondary N) is 2. The molecule has 0 fully saturated rings. The van der Waals surface area contributed by atoms with Crippen LogP contribution in [0.1, 0.15) is 0 Å². The number of nitrogens with two attached hydrogens (primary N) is 3. The van der Waals surface area contributed by atoms with E-state index >= 15 is 0 Å². The highest BCUT2D eigenvalue weighted by molar-refractivity contribution is 6.09. The van der Waals surface area contributed by atoms with E-state index in [1.54, 1.807) is 0 Å². The molecule has 0 rings (SSSR count). The largest absolute Gasteiger partial charge is 0.369 e. The highest BCUT2D eigenvalue weighted by Gasteiger charge is 2.14. The zero-order chi connectivity index (χ0) is 15.5. The van der Waals surface area contributed by atoms with Crippen LogP contribution in [0, 0.1) is 31.0 Å². The Morgan fingerprint density at radius 2 is 1.17 bits per heavy atom. The molecule has 0 aliphatic rings. The van der Waals surface area contributed by atoms with Crippen molar-refractivity contribution in [3.63, 3.8) is 0 Å². The van der Waals surface area contributed by atoms with Crippen LogP contribution in [0.2, 0.25) is 0 Å². The number of guanidine groups is 2. The lowest BCUT2D eigenvalue weighted by atomic mass is 10.7. The van der Waals surface area contributed by atoms with Gasteiger partial charge in [0.25, 0.3) is 10.2 Å². The second-order valence-corrected chi connectivity index (χ2v) is 1.92. The van der Waals surface area contributed by atoms with E-state index in [0.29, 0.717) is 4.90 Å². The lowest BCUT2D eigenvalue weighted by Crippen LogP contribution is -2.51. The van der Waals surface area contributed by atoms with Crippen molar-refractivity contribution in [3.05, 3.63) is 20.2 Å². The quantitative estimate of drug-likeness (QED) is 0.105. The molecule has 18 heavy (non-hydrogen) atoms. The van der Waals surface area contributed by atoms with Gasteiger partial charge in [0, 0.05) is 0 Å². The number of primary amides is 1. The molecule has 0 unspecified atom stereocenters. The lowest BCUT2D eigenvalue weighted by Gasteiger charge is -2.14. The van der Waals surface area contributed by atoms with E-state index in [0.717, 1.165) is 0 Å². The highest BCUT2D eigenvalue weighted by atomic mass is 16.9. The Labute approximate surface area is 97.6 Å². The number of carbonyl (C=O) groups is 1. The minimum Gasteiger partial charge on any atom is -0.369 e. The average molecular weight is 270 g/mol. The summed E-state index contributed by atoms with van der Waals surface area (Å²) in [7, 11) is 0. The van der Waals surface area contributed by atoms with Gasteiger partial charge in [-0.25, -0.2) is 9.69 Å². The van der Waals surface area contributed by atoms with E-state index in [9.17, 15) is 4.79 Å². The van der Waals surface area contributed by atoms with Gasteiger partial charge >= 0.3 is 6.03 Å². The smallest absolute Gasteiger partial charge is 0.328 e. The number of hydrogen-bond donors (Lipinski definition) is 7. The maximum absolute atomic E-state index is 10.3. The number of nitrogens with zero attached hydrogens (tertiary/aromatic N) is 3. The maximum Gasteiger partial charge on any atom is 0.328 e. The van der Waals surface area contributed by atoms with Crippen molar-refractivity contribution in [3.8, 4) is 0 Å². The fraction of sp³-hybridized carbons (Fsp3) is 0. The van der Waals surface area contributed by atoms with Gasteiger partial charge in [-0.3, -0.25) is 10.8 Å². The van der Waals surface area contributed by atoms with Crippen molar-refractivity contribution in [1.82, 2.24) is 4.90 Å². The van der Waals surface area contributed by atoms with Crippen LogP contribution in [-0.4, -0.2) is 43.4 Å². The molecule has 0 spiro atoms. The summed E-state index contributed by atoms with van der Waals surface area (Å²) in [5.74, 6) is -1.33. The summed E-state index contributed by atoms with van der Waals surface area (Å²) < 4.78 is 0. The van der Waals surface area contributed by atoms with Crippen LogP contribution in [0.5, 0.6) is 0 Å². The molecule has 0 atom stereocenters. The van der Waals surface area contributed by atoms with Crippen LogP contribution in [0.4, 0.5) is 4.79 Å². The summed E-state index contributed by atoms with van der Waals surface area (Å²) in [6.45, 7) is 0. The zero-order valence-electron chi connectivity index (χ0n) is 8.51. The van der Waals surface area contributed by atoms with Crippen LogP contribution < -0.4 is 17.2 Å². The summed E-state index contributed by atoms with van der Waals surface area (Å²) >= 11 is 0. The molecular formula is C3H10N8O7. The van der Waals surface area contributed by atoms with Crippen molar-refractivity contribution in [2.75, 3.05) is 0 Å². The first-order valence-electron chi connectivity index (χ1n) is 3.37. The van der Waals surface area contributed by atoms with Gasteiger partial charge in [-0.15, -0.1) is 20.2 Å². The Hall–Kier alpha value is -3.39. The summed E-state index contributed by atoms with van der Waals surface area (Å²) in [4.78, 5) is 27.4. The Kier molecular flexibility index (Phi) is 11.3. The first kappa shape index (κ1) is 20.1. The molecule has 0 aromatic heterocycles. The number of urea groups is 1. The second-order valence-electron chi connectivity index (χ2n) is 1.92. The molecule has 15 heteroatoms. The molecule has 10 N–H and O–H groups in total. The lowest BCUT2D eigenvalue weighted by molar-refractivity contribution is -0.742. The van der Waals surface area contributed by atoms with E-state index in [4.69, 9.17) is 52.9 Å². The number of amides is 2. The molecule has 0 aromatic rings. The minimum absolute atomic E-state index is 0.361. The topological polar surface area (TPSA) is 273 Å². The van der Waals surface area contributed by atoms with Crippen molar-refractivity contribution in [2.45, 2.75) is 0 Å². The fourth-order valence-electron chi connectivity index (χ4n) is 0.367. The SMILES string of the molecule is N=C(N)N(C(=N)N)C(N)=O.O=[N+]([O-])O.O=[N+]([O-])O. The molecular weight excluding hydrogens is 260 g/mol. The van der Waals surface area contributed by atoms with Crippen molar-refractivity contribution in [1.29, 1.82) is 10.8 Å². The van der Waals surface area contributed by atoms with E-state index in [-0.39, 0.29) is 0 Å². The first-order valence-corrected chi connectivity index (χ1v) is 3.37. The van der Waals surface area contributed by atoms with Gasteiger partial charge in [0.1, 0.15) is 0 Å². The van der Waals surface area contributed by atoms with Gasteiger partial charge in [0.15, 0.2) is 0 Å². The normalized spacial score (nSPS) is 7.33. The van der Waals surface area contributed by atoms with E-state index in [1.807, 2.05) is 0 Å². The third-order valence-corrected chi connectivity index (χ3v) is 0.702. The molecule has 0 saturated heterocycles. The van der Waals surface area contributed by atoms with Gasteiger partial charge in [-0.2, -0.15) is 0 Å². The summed E-state index contributed by atoms with van der Waals surface area (Å²) in [6, 6.07) is -1.04. The third-order valence-electron chi connectivity index (χ3n) is 0.702. The van der Waals surface area contributed by atoms with Crippen LogP contribution in [0.15, 0.2) is 0 Å². The highest BCUT2D eigenvalue weighted by Crippen LogP contribution is 1.81. The van der Waals surface area contributed by atoms with Gasteiger partial charge in [0.2, 0.25) is 11.9 Å². The maximum atomic E-state index is 10.3. The van der Waals surface area contributed by atoms with Gasteiger partial charge in [-0.05, 0) is 0 Å². The monoisotopic (exact) mass is 270 g/mol. The number of carbonyl (C=O) groups excluding carboxylic acids is 1. The minimum atomic E-state index is -1.50. The number of rotatable bonds is 0. The molecule has 2 amide bonds. The first-order chi connectivity index (χ1) is 7.93. The molecule has 0 saturated carbocycles. The summed E-state index contributed by atoms with van der Waals surface area (Å²) in [5.41, 5.74) is 14.3. The van der Waals surface area contributed by atoms with Crippen LogP contribution in [0.3, 0.4) is 0 Å². The predicted molar refractivity (Wildman–Crippen MR) is 52.8 cm³/mol. The molecule has 0 aliphatic carbocycles. The molecule has 0 aliphatic heterocycles. The zero-order valence-corrected chi connectivity index (χ0v) is 8.51. The summed E-state index contributed by atoms with van der Waals surface area (Å²) in [6.07, 6.45) is 0. The van der Waals surface area contributed by atoms with Gasteiger partial charge in [0.05, 0.1) is 0 Å². The van der Waals surface area contributed by atoms with E-state index in [1.165, 1.54) is 0 Å². The van der Waals surface area contributed by atoms with Crippen LogP contribution in [0.25, 0.3) is 0 Å². The molecule has 0 bridgehead atoms.